The fourth-order valence-corrected chi connectivity index (χ4v) is 2.38. The zero-order valence-corrected chi connectivity index (χ0v) is 12.2. The summed E-state index contributed by atoms with van der Waals surface area (Å²) < 4.78 is 3.79. The molecule has 2 rings (SSSR count). The average molecular weight is 261 g/mol. The Bertz CT molecular complexity index is 526. The van der Waals surface area contributed by atoms with Crippen LogP contribution in [0.1, 0.15) is 36.2 Å². The third kappa shape index (κ3) is 3.23. The van der Waals surface area contributed by atoms with Gasteiger partial charge in [0.25, 0.3) is 0 Å². The lowest BCUT2D eigenvalue weighted by Crippen LogP contribution is -2.22. The van der Waals surface area contributed by atoms with Crippen molar-refractivity contribution in [3.8, 4) is 0 Å². The largest absolute Gasteiger partial charge is 0.310 e. The summed E-state index contributed by atoms with van der Waals surface area (Å²) in [6.45, 7) is 5.23. The molecule has 0 aliphatic rings. The lowest BCUT2D eigenvalue weighted by Gasteiger charge is -2.17. The van der Waals surface area contributed by atoms with Crippen LogP contribution in [0, 0.1) is 6.92 Å². The van der Waals surface area contributed by atoms with Crippen molar-refractivity contribution in [3.63, 3.8) is 0 Å². The maximum atomic E-state index is 4.34. The van der Waals surface area contributed by atoms with E-state index in [1.54, 1.807) is 0 Å². The van der Waals surface area contributed by atoms with Crippen molar-refractivity contribution >= 4 is 0 Å². The fourth-order valence-electron chi connectivity index (χ4n) is 2.38. The third-order valence-electron chi connectivity index (χ3n) is 3.58. The molecule has 2 heterocycles. The average Bonchev–Trinajstić information content (AvgIpc) is 2.94. The van der Waals surface area contributed by atoms with Gasteiger partial charge in [-0.15, -0.1) is 0 Å². The van der Waals surface area contributed by atoms with Gasteiger partial charge in [-0.1, -0.05) is 6.92 Å². The van der Waals surface area contributed by atoms with Gasteiger partial charge in [0, 0.05) is 37.6 Å². The van der Waals surface area contributed by atoms with Crippen molar-refractivity contribution in [2.75, 3.05) is 6.54 Å². The van der Waals surface area contributed by atoms with Gasteiger partial charge in [0.2, 0.25) is 0 Å². The molecular weight excluding hydrogens is 238 g/mol. The molecule has 1 N–H and O–H groups in total. The predicted molar refractivity (Wildman–Crippen MR) is 75.9 cm³/mol. The highest BCUT2D eigenvalue weighted by Crippen LogP contribution is 2.21. The Labute approximate surface area is 114 Å². The van der Waals surface area contributed by atoms with Crippen molar-refractivity contribution in [1.82, 2.24) is 24.9 Å². The lowest BCUT2D eigenvalue weighted by atomic mass is 10.0. The molecule has 1 atom stereocenters. The number of rotatable bonds is 6. The van der Waals surface area contributed by atoms with Crippen LogP contribution in [0.5, 0.6) is 0 Å². The summed E-state index contributed by atoms with van der Waals surface area (Å²) in [4.78, 5) is 0. The molecule has 0 aliphatic heterocycles. The van der Waals surface area contributed by atoms with Crippen molar-refractivity contribution < 1.29 is 0 Å². The number of hydrogen-bond donors (Lipinski definition) is 1. The van der Waals surface area contributed by atoms with E-state index in [0.717, 1.165) is 19.4 Å². The first-order chi connectivity index (χ1) is 9.11. The molecule has 104 valence electrons. The molecule has 0 fully saturated rings. The number of nitrogens with one attached hydrogen (secondary N) is 1. The maximum Gasteiger partial charge on any atom is 0.0540 e. The molecule has 2 aromatic rings. The van der Waals surface area contributed by atoms with E-state index in [2.05, 4.69) is 35.6 Å². The van der Waals surface area contributed by atoms with Gasteiger partial charge < -0.3 is 5.32 Å². The number of nitrogens with zero attached hydrogens (tertiary/aromatic N) is 4. The summed E-state index contributed by atoms with van der Waals surface area (Å²) >= 11 is 0. The first-order valence-electron chi connectivity index (χ1n) is 6.81. The zero-order chi connectivity index (χ0) is 13.8. The van der Waals surface area contributed by atoms with E-state index in [-0.39, 0.29) is 0 Å². The summed E-state index contributed by atoms with van der Waals surface area (Å²) in [5, 5.41) is 12.1. The zero-order valence-electron chi connectivity index (χ0n) is 12.2. The van der Waals surface area contributed by atoms with Crippen LogP contribution < -0.4 is 5.32 Å². The van der Waals surface area contributed by atoms with Crippen LogP contribution in [0.3, 0.4) is 0 Å². The van der Waals surface area contributed by atoms with Crippen LogP contribution in [-0.4, -0.2) is 26.1 Å². The van der Waals surface area contributed by atoms with Crippen molar-refractivity contribution in [1.29, 1.82) is 0 Å². The molecule has 0 bridgehead atoms. The summed E-state index contributed by atoms with van der Waals surface area (Å²) in [5.74, 6) is 0. The second-order valence-electron chi connectivity index (χ2n) is 4.98. The van der Waals surface area contributed by atoms with Crippen LogP contribution in [0.25, 0.3) is 0 Å². The minimum absolute atomic E-state index is 0.360. The van der Waals surface area contributed by atoms with Crippen molar-refractivity contribution in [3.05, 3.63) is 35.4 Å². The second kappa shape index (κ2) is 6.02. The second-order valence-corrected chi connectivity index (χ2v) is 4.98. The summed E-state index contributed by atoms with van der Waals surface area (Å²) in [6.07, 6.45) is 8.09. The van der Waals surface area contributed by atoms with Gasteiger partial charge in [0.05, 0.1) is 12.4 Å². The van der Waals surface area contributed by atoms with E-state index in [9.17, 15) is 0 Å². The number of hydrogen-bond acceptors (Lipinski definition) is 3. The molecule has 0 aromatic carbocycles. The van der Waals surface area contributed by atoms with E-state index < -0.39 is 0 Å². The Morgan fingerprint density at radius 1 is 1.26 bits per heavy atom. The Morgan fingerprint density at radius 3 is 2.58 bits per heavy atom. The fraction of sp³-hybridized carbons (Fsp3) is 0.571. The molecule has 19 heavy (non-hydrogen) atoms. The Hall–Kier alpha value is -1.62. The molecule has 0 radical (unpaired) electrons. The maximum absolute atomic E-state index is 4.34. The number of aryl methyl sites for hydroxylation is 3. The molecular formula is C14H23N5. The van der Waals surface area contributed by atoms with Gasteiger partial charge in [0.1, 0.15) is 0 Å². The minimum Gasteiger partial charge on any atom is -0.310 e. The first kappa shape index (κ1) is 13.8. The van der Waals surface area contributed by atoms with Crippen molar-refractivity contribution in [2.45, 2.75) is 32.7 Å². The normalized spacial score (nSPS) is 12.8. The highest BCUT2D eigenvalue weighted by atomic mass is 15.3. The molecule has 2 aromatic heterocycles. The van der Waals surface area contributed by atoms with Crippen LogP contribution in [0.15, 0.2) is 18.6 Å². The van der Waals surface area contributed by atoms with E-state index in [1.165, 1.54) is 16.8 Å². The van der Waals surface area contributed by atoms with Gasteiger partial charge in [-0.3, -0.25) is 9.36 Å². The van der Waals surface area contributed by atoms with E-state index >= 15 is 0 Å². The lowest BCUT2D eigenvalue weighted by molar-refractivity contribution is 0.512. The molecule has 1 unspecified atom stereocenters. The predicted octanol–water partition coefficient (Wildman–Crippen LogP) is 1.75. The van der Waals surface area contributed by atoms with E-state index in [4.69, 9.17) is 0 Å². The van der Waals surface area contributed by atoms with Gasteiger partial charge >= 0.3 is 0 Å². The minimum atomic E-state index is 0.360. The van der Waals surface area contributed by atoms with Crippen LogP contribution >= 0.6 is 0 Å². The summed E-state index contributed by atoms with van der Waals surface area (Å²) in [7, 11) is 3.94. The molecule has 5 nitrogen and oxygen atoms in total. The Balaban J connectivity index is 2.06. The Morgan fingerprint density at radius 2 is 2.05 bits per heavy atom. The molecule has 5 heteroatoms. The highest BCUT2D eigenvalue weighted by Gasteiger charge is 2.15. The van der Waals surface area contributed by atoms with Gasteiger partial charge in [-0.2, -0.15) is 10.2 Å². The van der Waals surface area contributed by atoms with E-state index in [1.807, 2.05) is 35.9 Å². The molecule has 0 aliphatic carbocycles. The van der Waals surface area contributed by atoms with Gasteiger partial charge in [-0.25, -0.2) is 0 Å². The highest BCUT2D eigenvalue weighted by molar-refractivity contribution is 5.21. The van der Waals surface area contributed by atoms with Crippen molar-refractivity contribution in [2.24, 2.45) is 14.1 Å². The van der Waals surface area contributed by atoms with Crippen LogP contribution in [0.2, 0.25) is 0 Å². The summed E-state index contributed by atoms with van der Waals surface area (Å²) in [5.41, 5.74) is 3.82. The third-order valence-corrected chi connectivity index (χ3v) is 3.58. The standard InChI is InChI=1S/C14H23N5/c1-5-15-14(13-9-17-19(4)11(13)2)7-6-12-8-16-18(3)10-12/h8-10,14-15H,5-7H2,1-4H3. The van der Waals surface area contributed by atoms with Crippen LogP contribution in [-0.2, 0) is 20.5 Å². The monoisotopic (exact) mass is 261 g/mol. The van der Waals surface area contributed by atoms with Gasteiger partial charge in [0.15, 0.2) is 0 Å². The summed E-state index contributed by atoms with van der Waals surface area (Å²) in [6, 6.07) is 0.360. The van der Waals surface area contributed by atoms with E-state index in [0.29, 0.717) is 6.04 Å². The quantitative estimate of drug-likeness (QED) is 0.861. The first-order valence-corrected chi connectivity index (χ1v) is 6.81. The molecule has 0 saturated heterocycles. The molecule has 0 spiro atoms. The molecule has 0 saturated carbocycles. The number of aromatic nitrogens is 4. The smallest absolute Gasteiger partial charge is 0.0540 e. The molecule has 0 amide bonds. The topological polar surface area (TPSA) is 47.7 Å². The SMILES string of the molecule is CCNC(CCc1cnn(C)c1)c1cnn(C)c1C. The van der Waals surface area contributed by atoms with Crippen LogP contribution in [0.4, 0.5) is 0 Å². The Kier molecular flexibility index (Phi) is 4.37. The van der Waals surface area contributed by atoms with Gasteiger partial charge in [-0.05, 0) is 31.9 Å².